The summed E-state index contributed by atoms with van der Waals surface area (Å²) in [5, 5.41) is 0. The van der Waals surface area contributed by atoms with Gasteiger partial charge in [-0.15, -0.1) is 0 Å². The van der Waals surface area contributed by atoms with Gasteiger partial charge in [-0.3, -0.25) is 4.90 Å². The van der Waals surface area contributed by atoms with E-state index in [9.17, 15) is 4.39 Å². The molecule has 1 aliphatic heterocycles. The van der Waals surface area contributed by atoms with Gasteiger partial charge in [-0.25, -0.2) is 4.39 Å². The van der Waals surface area contributed by atoms with E-state index in [4.69, 9.17) is 0 Å². The molecule has 0 radical (unpaired) electrons. The van der Waals surface area contributed by atoms with Crippen molar-refractivity contribution in [1.29, 1.82) is 0 Å². The van der Waals surface area contributed by atoms with Crippen molar-refractivity contribution in [2.75, 3.05) is 13.1 Å². The number of alkyl halides is 1. The van der Waals surface area contributed by atoms with Crippen LogP contribution in [0.2, 0.25) is 0 Å². The third-order valence-electron chi connectivity index (χ3n) is 3.29. The number of likely N-dealkylation sites (tertiary alicyclic amines) is 1. The van der Waals surface area contributed by atoms with Crippen LogP contribution < -0.4 is 0 Å². The zero-order valence-electron chi connectivity index (χ0n) is 10.2. The zero-order chi connectivity index (χ0) is 11.0. The Kier molecular flexibility index (Phi) is 3.25. The molecule has 2 aliphatic rings. The molecule has 1 spiro atoms. The van der Waals surface area contributed by atoms with Crippen molar-refractivity contribution in [3.8, 4) is 0 Å². The number of halogens is 1. The first-order chi connectivity index (χ1) is 6.43. The van der Waals surface area contributed by atoms with Crippen molar-refractivity contribution in [3.05, 3.63) is 0 Å². The first-order valence-corrected chi connectivity index (χ1v) is 5.86. The summed E-state index contributed by atoms with van der Waals surface area (Å²) < 4.78 is 13.2. The highest BCUT2D eigenvalue weighted by Crippen LogP contribution is 2.56. The van der Waals surface area contributed by atoms with Crippen molar-refractivity contribution >= 4 is 0 Å². The lowest BCUT2D eigenvalue weighted by Crippen LogP contribution is -2.67. The molecule has 1 aliphatic carbocycles. The fraction of sp³-hybridized carbons (Fsp3) is 1.00. The average molecular weight is 201 g/mol. The fourth-order valence-corrected chi connectivity index (χ4v) is 2.92. The third-order valence-corrected chi connectivity index (χ3v) is 3.29. The van der Waals surface area contributed by atoms with E-state index in [1.165, 1.54) is 0 Å². The van der Waals surface area contributed by atoms with Gasteiger partial charge in [0.05, 0.1) is 0 Å². The van der Waals surface area contributed by atoms with Gasteiger partial charge in [0.25, 0.3) is 0 Å². The molecule has 84 valence electrons. The van der Waals surface area contributed by atoms with Crippen molar-refractivity contribution in [1.82, 2.24) is 4.90 Å². The fourth-order valence-electron chi connectivity index (χ4n) is 2.92. The van der Waals surface area contributed by atoms with E-state index in [1.54, 1.807) is 6.92 Å². The summed E-state index contributed by atoms with van der Waals surface area (Å²) in [5.41, 5.74) is -0.461. The summed E-state index contributed by atoms with van der Waals surface area (Å²) >= 11 is 0. The Bertz CT molecular complexity index is 182. The summed E-state index contributed by atoms with van der Waals surface area (Å²) in [6.45, 7) is 12.4. The van der Waals surface area contributed by atoms with E-state index in [0.717, 1.165) is 25.9 Å². The predicted molar refractivity (Wildman–Crippen MR) is 59.2 cm³/mol. The van der Waals surface area contributed by atoms with Crippen LogP contribution in [0.1, 0.15) is 47.5 Å². The average Bonchev–Trinajstić information content (AvgIpc) is 1.98. The van der Waals surface area contributed by atoms with Crippen LogP contribution in [0.5, 0.6) is 0 Å². The van der Waals surface area contributed by atoms with Gasteiger partial charge in [0.15, 0.2) is 0 Å². The van der Waals surface area contributed by atoms with E-state index in [-0.39, 0.29) is 0 Å². The highest BCUT2D eigenvalue weighted by atomic mass is 19.1. The van der Waals surface area contributed by atoms with E-state index >= 15 is 0 Å². The van der Waals surface area contributed by atoms with Crippen LogP contribution in [0.25, 0.3) is 0 Å². The molecule has 1 nitrogen and oxygen atoms in total. The second kappa shape index (κ2) is 3.80. The second-order valence-corrected chi connectivity index (χ2v) is 5.27. The monoisotopic (exact) mass is 201 g/mol. The molecular weight excluding hydrogens is 177 g/mol. The van der Waals surface area contributed by atoms with Crippen molar-refractivity contribution in [2.45, 2.75) is 59.2 Å². The van der Waals surface area contributed by atoms with Gasteiger partial charge in [-0.05, 0) is 33.6 Å². The number of rotatable bonds is 1. The summed E-state index contributed by atoms with van der Waals surface area (Å²) in [6, 6.07) is 0.641. The molecule has 0 aromatic carbocycles. The van der Waals surface area contributed by atoms with Gasteiger partial charge < -0.3 is 0 Å². The van der Waals surface area contributed by atoms with Crippen LogP contribution in [0.4, 0.5) is 4.39 Å². The highest BCUT2D eigenvalue weighted by Gasteiger charge is 2.58. The number of hydrogen-bond donors (Lipinski definition) is 0. The molecule has 1 saturated carbocycles. The molecule has 0 aromatic heterocycles. The van der Waals surface area contributed by atoms with Crippen LogP contribution in [-0.4, -0.2) is 29.7 Å². The summed E-state index contributed by atoms with van der Waals surface area (Å²) in [4.78, 5) is 2.43. The maximum absolute atomic E-state index is 13.2. The Labute approximate surface area is 87.7 Å². The lowest BCUT2D eigenvalue weighted by molar-refractivity contribution is -0.154. The topological polar surface area (TPSA) is 3.24 Å². The van der Waals surface area contributed by atoms with Gasteiger partial charge in [-0.1, -0.05) is 13.8 Å². The predicted octanol–water partition coefficient (Wildman–Crippen LogP) is 3.25. The van der Waals surface area contributed by atoms with Crippen LogP contribution in [0.15, 0.2) is 0 Å². The summed E-state index contributed by atoms with van der Waals surface area (Å²) in [5.74, 6) is 0. The largest absolute Gasteiger partial charge is 0.300 e. The van der Waals surface area contributed by atoms with E-state index in [2.05, 4.69) is 18.7 Å². The Morgan fingerprint density at radius 3 is 1.86 bits per heavy atom. The smallest absolute Gasteiger partial charge is 0.109 e. The Morgan fingerprint density at radius 2 is 1.57 bits per heavy atom. The lowest BCUT2D eigenvalue weighted by Gasteiger charge is -2.61. The maximum Gasteiger partial charge on any atom is 0.109 e. The molecule has 2 fully saturated rings. The van der Waals surface area contributed by atoms with Crippen molar-refractivity contribution in [3.63, 3.8) is 0 Å². The molecule has 0 N–H and O–H groups in total. The van der Waals surface area contributed by atoms with Crippen molar-refractivity contribution in [2.24, 2.45) is 5.41 Å². The standard InChI is InChI=1S/C10H18FN.C2H6/c1-8(2)12-6-10(7-12)4-9(3,11)5-10;1-2/h8H,4-7H2,1-3H3;1-2H3. The van der Waals surface area contributed by atoms with Crippen LogP contribution in [0.3, 0.4) is 0 Å². The van der Waals surface area contributed by atoms with Crippen LogP contribution in [0, 0.1) is 5.41 Å². The lowest BCUT2D eigenvalue weighted by atomic mass is 9.56. The normalized spacial score (nSPS) is 27.6. The maximum atomic E-state index is 13.2. The van der Waals surface area contributed by atoms with E-state index in [0.29, 0.717) is 11.5 Å². The van der Waals surface area contributed by atoms with Gasteiger partial charge in [0.1, 0.15) is 5.67 Å². The van der Waals surface area contributed by atoms with Gasteiger partial charge in [0, 0.05) is 24.5 Å². The van der Waals surface area contributed by atoms with Crippen LogP contribution >= 0.6 is 0 Å². The van der Waals surface area contributed by atoms with E-state index in [1.807, 2.05) is 13.8 Å². The highest BCUT2D eigenvalue weighted by molar-refractivity contribution is 5.10. The Balaban J connectivity index is 0.000000461. The van der Waals surface area contributed by atoms with Gasteiger partial charge in [0.2, 0.25) is 0 Å². The molecule has 1 heterocycles. The minimum absolute atomic E-state index is 0.383. The first-order valence-electron chi connectivity index (χ1n) is 5.86. The molecule has 0 unspecified atom stereocenters. The SMILES string of the molecule is CC.CC(C)N1CC2(C1)CC(C)(F)C2. The van der Waals surface area contributed by atoms with Gasteiger partial charge in [-0.2, -0.15) is 0 Å². The molecule has 0 amide bonds. The van der Waals surface area contributed by atoms with E-state index < -0.39 is 5.67 Å². The minimum Gasteiger partial charge on any atom is -0.300 e. The van der Waals surface area contributed by atoms with Gasteiger partial charge >= 0.3 is 0 Å². The molecule has 1 saturated heterocycles. The minimum atomic E-state index is -0.844. The van der Waals surface area contributed by atoms with Crippen molar-refractivity contribution < 1.29 is 4.39 Å². The second-order valence-electron chi connectivity index (χ2n) is 5.27. The summed E-state index contributed by atoms with van der Waals surface area (Å²) in [7, 11) is 0. The molecule has 0 aromatic rings. The zero-order valence-corrected chi connectivity index (χ0v) is 10.2. The molecule has 0 bridgehead atoms. The Morgan fingerprint density at radius 1 is 1.14 bits per heavy atom. The number of nitrogens with zero attached hydrogens (tertiary/aromatic N) is 1. The molecule has 2 heteroatoms. The third kappa shape index (κ3) is 2.10. The molecule has 0 atom stereocenters. The number of hydrogen-bond acceptors (Lipinski definition) is 1. The first kappa shape index (κ1) is 12.0. The Hall–Kier alpha value is -0.110. The molecule has 14 heavy (non-hydrogen) atoms. The quantitative estimate of drug-likeness (QED) is 0.629. The molecular formula is C12H24FN. The summed E-state index contributed by atoms with van der Waals surface area (Å²) in [6.07, 6.45) is 1.59. The molecule has 2 rings (SSSR count). The van der Waals surface area contributed by atoms with Crippen LogP contribution in [-0.2, 0) is 0 Å².